The normalized spacial score (nSPS) is 9.75. The Kier molecular flexibility index (Phi) is 8.21. The molecule has 6 nitrogen and oxygen atoms in total. The van der Waals surface area contributed by atoms with E-state index < -0.39 is 17.2 Å². The molecule has 0 saturated carbocycles. The molecule has 0 spiro atoms. The van der Waals surface area contributed by atoms with E-state index >= 15 is 0 Å². The van der Waals surface area contributed by atoms with Crippen LogP contribution in [0.25, 0.3) is 0 Å². The molecule has 8 heavy (non-hydrogen) atoms. The van der Waals surface area contributed by atoms with E-state index in [4.69, 9.17) is 19.6 Å². The van der Waals surface area contributed by atoms with Gasteiger partial charge in [0, 0.05) is 0 Å². The Morgan fingerprint density at radius 1 is 0.875 bits per heavy atom. The molecule has 7 N–H and O–H groups in total. The molecule has 0 aromatic heterocycles. The fraction of sp³-hybridized carbons (Fsp3) is 0. The first-order valence-electron chi connectivity index (χ1n) is 1.17. The summed E-state index contributed by atoms with van der Waals surface area (Å²) in [6, 6.07) is 0. The summed E-state index contributed by atoms with van der Waals surface area (Å²) in [5, 5.41) is 0. The molecule has 0 bridgehead atoms. The second-order valence-electron chi connectivity index (χ2n) is 0.587. The van der Waals surface area contributed by atoms with Crippen molar-refractivity contribution in [1.82, 2.24) is 6.15 Å². The van der Waals surface area contributed by atoms with Crippen molar-refractivity contribution in [3.05, 3.63) is 0 Å². The van der Waals surface area contributed by atoms with Gasteiger partial charge in [0.25, 0.3) is 0 Å². The molecular weight excluding hydrogens is 156 g/mol. The largest absolute Gasteiger partial charge is 0.344 e. The molecule has 0 rings (SSSR count). The average Bonchev–Trinajstić information content (AvgIpc) is 1.27. The molecule has 0 atom stereocenters. The second kappa shape index (κ2) is 5.75. The predicted octanol–water partition coefficient (Wildman–Crippen LogP) is -0.412. The van der Waals surface area contributed by atoms with Gasteiger partial charge in [-0.2, -0.15) is 0 Å². The molecule has 0 unspecified atom stereocenters. The number of rotatable bonds is 2. The van der Waals surface area contributed by atoms with Crippen LogP contribution in [0.4, 0.5) is 0 Å². The van der Waals surface area contributed by atoms with E-state index in [9.17, 15) is 0 Å². The monoisotopic (exact) mass is 163 g/mol. The Hall–Kier alpha value is 0.620. The smallest absolute Gasteiger partial charge is 0.334 e. The molecule has 0 fully saturated rings. The molecule has 0 amide bonds. The lowest BCUT2D eigenvalue weighted by Crippen LogP contribution is -1.73. The molecule has 0 saturated heterocycles. The zero-order valence-corrected chi connectivity index (χ0v) is 5.59. The molecule has 0 aliphatic heterocycles. The average molecular weight is 163 g/mol. The SMILES string of the molecule is N.OP(O)OP(O)O. The molecule has 8 heteroatoms. The molecular formula is H7NO5P2. The van der Waals surface area contributed by atoms with E-state index in [0.29, 0.717) is 0 Å². The van der Waals surface area contributed by atoms with Crippen LogP contribution in [0.15, 0.2) is 0 Å². The van der Waals surface area contributed by atoms with Crippen molar-refractivity contribution in [2.24, 2.45) is 0 Å². The molecule has 52 valence electrons. The van der Waals surface area contributed by atoms with Crippen molar-refractivity contribution in [3.8, 4) is 0 Å². The molecule has 0 heterocycles. The summed E-state index contributed by atoms with van der Waals surface area (Å²) in [4.78, 5) is 31.3. The van der Waals surface area contributed by atoms with Gasteiger partial charge >= 0.3 is 17.2 Å². The van der Waals surface area contributed by atoms with Crippen molar-refractivity contribution < 1.29 is 23.9 Å². The summed E-state index contributed by atoms with van der Waals surface area (Å²) < 4.78 is 3.60. The number of hydrogen-bond acceptors (Lipinski definition) is 6. The Labute approximate surface area is 48.3 Å². The lowest BCUT2D eigenvalue weighted by atomic mass is 14.0. The Morgan fingerprint density at radius 2 is 1.12 bits per heavy atom. The highest BCUT2D eigenvalue weighted by Gasteiger charge is 2.05. The van der Waals surface area contributed by atoms with Crippen molar-refractivity contribution in [2.75, 3.05) is 0 Å². The third-order valence-corrected chi connectivity index (χ3v) is 1.31. The molecule has 0 aliphatic carbocycles. The van der Waals surface area contributed by atoms with Crippen LogP contribution in [0.3, 0.4) is 0 Å². The minimum absolute atomic E-state index is 0. The van der Waals surface area contributed by atoms with Crippen LogP contribution in [-0.4, -0.2) is 19.6 Å². The maximum Gasteiger partial charge on any atom is 0.334 e. The van der Waals surface area contributed by atoms with Gasteiger partial charge in [0.1, 0.15) is 0 Å². The zero-order chi connectivity index (χ0) is 5.86. The van der Waals surface area contributed by atoms with Gasteiger partial charge in [-0.15, -0.1) is 0 Å². The third kappa shape index (κ3) is 9.80. The highest BCUT2D eigenvalue weighted by atomic mass is 31.2. The minimum atomic E-state index is -2.61. The summed E-state index contributed by atoms with van der Waals surface area (Å²) in [5.74, 6) is 0. The van der Waals surface area contributed by atoms with Gasteiger partial charge in [0.2, 0.25) is 0 Å². The van der Waals surface area contributed by atoms with Gasteiger partial charge in [-0.05, 0) is 0 Å². The minimum Gasteiger partial charge on any atom is -0.344 e. The summed E-state index contributed by atoms with van der Waals surface area (Å²) in [6.07, 6.45) is 0. The maximum atomic E-state index is 7.82. The van der Waals surface area contributed by atoms with E-state index in [2.05, 4.69) is 4.31 Å². The van der Waals surface area contributed by atoms with Crippen LogP contribution in [-0.2, 0) is 4.31 Å². The lowest BCUT2D eigenvalue weighted by Gasteiger charge is -2.00. The van der Waals surface area contributed by atoms with E-state index in [1.807, 2.05) is 0 Å². The van der Waals surface area contributed by atoms with Crippen LogP contribution in [0, 0.1) is 0 Å². The van der Waals surface area contributed by atoms with E-state index in [-0.39, 0.29) is 6.15 Å². The van der Waals surface area contributed by atoms with Gasteiger partial charge in [-0.3, -0.25) is 0 Å². The first kappa shape index (κ1) is 11.4. The topological polar surface area (TPSA) is 125 Å². The summed E-state index contributed by atoms with van der Waals surface area (Å²) in [7, 11) is -5.22. The third-order valence-electron chi connectivity index (χ3n) is 0.146. The Balaban J connectivity index is 0. The van der Waals surface area contributed by atoms with Crippen molar-refractivity contribution in [2.45, 2.75) is 0 Å². The number of hydrogen-bond donors (Lipinski definition) is 5. The Bertz CT molecular complexity index is 39.7. The highest BCUT2D eigenvalue weighted by molar-refractivity contribution is 7.53. The summed E-state index contributed by atoms with van der Waals surface area (Å²) >= 11 is 0. The van der Waals surface area contributed by atoms with E-state index in [1.54, 1.807) is 0 Å². The standard InChI is InChI=1S/H3N.H4O5P2/c;1-6(2)5-7(3)4/h1H3;1-4H. The van der Waals surface area contributed by atoms with Gasteiger partial charge in [0.15, 0.2) is 0 Å². The zero-order valence-electron chi connectivity index (χ0n) is 3.80. The highest BCUT2D eigenvalue weighted by Crippen LogP contribution is 2.41. The second-order valence-corrected chi connectivity index (χ2v) is 2.25. The van der Waals surface area contributed by atoms with Crippen molar-refractivity contribution in [3.63, 3.8) is 0 Å². The van der Waals surface area contributed by atoms with Gasteiger partial charge in [-0.1, -0.05) is 0 Å². The molecule has 0 aromatic carbocycles. The van der Waals surface area contributed by atoms with E-state index in [1.165, 1.54) is 0 Å². The summed E-state index contributed by atoms with van der Waals surface area (Å²) in [5.41, 5.74) is 0. The molecule has 0 aliphatic rings. The first-order chi connectivity index (χ1) is 3.13. The van der Waals surface area contributed by atoms with E-state index in [0.717, 1.165) is 0 Å². The quantitative estimate of drug-likeness (QED) is 0.352. The molecule has 0 aromatic rings. The van der Waals surface area contributed by atoms with Crippen LogP contribution >= 0.6 is 17.2 Å². The predicted molar refractivity (Wildman–Crippen MR) is 28.8 cm³/mol. The van der Waals surface area contributed by atoms with Crippen LogP contribution in [0.2, 0.25) is 0 Å². The molecule has 0 radical (unpaired) electrons. The van der Waals surface area contributed by atoms with Crippen LogP contribution < -0.4 is 6.15 Å². The van der Waals surface area contributed by atoms with Crippen LogP contribution in [0.5, 0.6) is 0 Å². The lowest BCUT2D eigenvalue weighted by molar-refractivity contribution is 0.324. The van der Waals surface area contributed by atoms with Crippen LogP contribution in [0.1, 0.15) is 0 Å². The van der Waals surface area contributed by atoms with Crippen molar-refractivity contribution in [1.29, 1.82) is 0 Å². The fourth-order valence-corrected chi connectivity index (χ4v) is 0.588. The van der Waals surface area contributed by atoms with Crippen molar-refractivity contribution >= 4 is 17.2 Å². The van der Waals surface area contributed by atoms with Gasteiger partial charge in [0.05, 0.1) is 0 Å². The first-order valence-corrected chi connectivity index (χ1v) is 3.50. The fourth-order valence-electron chi connectivity index (χ4n) is 0.0653. The summed E-state index contributed by atoms with van der Waals surface area (Å²) in [6.45, 7) is 0. The van der Waals surface area contributed by atoms with Gasteiger partial charge in [-0.25, -0.2) is 4.31 Å². The Morgan fingerprint density at radius 3 is 1.12 bits per heavy atom. The maximum absolute atomic E-state index is 7.82. The van der Waals surface area contributed by atoms with Gasteiger partial charge < -0.3 is 25.7 Å².